The Labute approximate surface area is 200 Å². The SMILES string of the molecule is Cc1cc(NC(=O)c2ccc(CNC(C)C)c(F)c2)nn1Cc1cc(O)ccc1OCC(C)C. The molecular weight excluding hydrogens is 435 g/mol. The Hall–Kier alpha value is -3.39. The molecule has 0 aliphatic rings. The fourth-order valence-electron chi connectivity index (χ4n) is 3.31. The minimum atomic E-state index is -0.440. The maximum Gasteiger partial charge on any atom is 0.256 e. The largest absolute Gasteiger partial charge is 0.508 e. The van der Waals surface area contributed by atoms with E-state index in [0.717, 1.165) is 11.3 Å². The summed E-state index contributed by atoms with van der Waals surface area (Å²) in [4.78, 5) is 12.7. The van der Waals surface area contributed by atoms with Gasteiger partial charge in [-0.15, -0.1) is 0 Å². The van der Waals surface area contributed by atoms with Gasteiger partial charge in [0.1, 0.15) is 17.3 Å². The number of halogens is 1. The van der Waals surface area contributed by atoms with Crippen molar-refractivity contribution in [3.8, 4) is 11.5 Å². The van der Waals surface area contributed by atoms with Crippen LogP contribution in [-0.2, 0) is 13.1 Å². The summed E-state index contributed by atoms with van der Waals surface area (Å²) in [5.41, 5.74) is 2.31. The van der Waals surface area contributed by atoms with Crippen LogP contribution in [0.4, 0.5) is 10.2 Å². The second kappa shape index (κ2) is 11.2. The second-order valence-electron chi connectivity index (χ2n) is 9.12. The molecular formula is C26H33FN4O3. The lowest BCUT2D eigenvalue weighted by atomic mass is 10.1. The zero-order valence-electron chi connectivity index (χ0n) is 20.4. The van der Waals surface area contributed by atoms with E-state index in [1.54, 1.807) is 41.1 Å². The molecule has 1 heterocycles. The van der Waals surface area contributed by atoms with Gasteiger partial charge in [-0.25, -0.2) is 4.39 Å². The standard InChI is InChI=1S/C26H33FN4O3/c1-16(2)15-34-24-9-8-22(32)11-21(24)14-31-18(5)10-25(30-31)29-26(33)19-6-7-20(23(27)12-19)13-28-17(3)4/h6-12,16-17,28,32H,13-15H2,1-5H3,(H,29,30,33). The number of aromatic hydroxyl groups is 1. The molecule has 2 aromatic carbocycles. The molecule has 0 unspecified atom stereocenters. The number of hydrogen-bond donors (Lipinski definition) is 3. The van der Waals surface area contributed by atoms with E-state index in [1.165, 1.54) is 6.07 Å². The van der Waals surface area contributed by atoms with E-state index in [9.17, 15) is 14.3 Å². The fraction of sp³-hybridized carbons (Fsp3) is 0.385. The minimum Gasteiger partial charge on any atom is -0.508 e. The van der Waals surface area contributed by atoms with Crippen LogP contribution in [0.1, 0.15) is 54.9 Å². The molecule has 0 spiro atoms. The zero-order valence-corrected chi connectivity index (χ0v) is 20.4. The van der Waals surface area contributed by atoms with Gasteiger partial charge in [-0.05, 0) is 43.2 Å². The number of nitrogens with zero attached hydrogens (tertiary/aromatic N) is 2. The Morgan fingerprint density at radius 2 is 1.88 bits per heavy atom. The van der Waals surface area contributed by atoms with E-state index < -0.39 is 11.7 Å². The van der Waals surface area contributed by atoms with Crippen molar-refractivity contribution >= 4 is 11.7 Å². The van der Waals surface area contributed by atoms with Gasteiger partial charge >= 0.3 is 0 Å². The lowest BCUT2D eigenvalue weighted by Gasteiger charge is -2.14. The first-order chi connectivity index (χ1) is 16.1. The van der Waals surface area contributed by atoms with Crippen LogP contribution in [0.2, 0.25) is 0 Å². The molecule has 3 N–H and O–H groups in total. The van der Waals surface area contributed by atoms with Crippen LogP contribution >= 0.6 is 0 Å². The maximum atomic E-state index is 14.4. The molecule has 0 radical (unpaired) electrons. The highest BCUT2D eigenvalue weighted by Crippen LogP contribution is 2.26. The average Bonchev–Trinajstić information content (AvgIpc) is 3.10. The summed E-state index contributed by atoms with van der Waals surface area (Å²) in [5, 5.41) is 20.3. The van der Waals surface area contributed by atoms with Crippen LogP contribution in [0.25, 0.3) is 0 Å². The number of benzene rings is 2. The van der Waals surface area contributed by atoms with Crippen molar-refractivity contribution in [1.82, 2.24) is 15.1 Å². The molecule has 0 aliphatic carbocycles. The van der Waals surface area contributed by atoms with Gasteiger partial charge < -0.3 is 20.5 Å². The average molecular weight is 469 g/mol. The first-order valence-corrected chi connectivity index (χ1v) is 11.4. The number of ether oxygens (including phenoxy) is 1. The highest BCUT2D eigenvalue weighted by atomic mass is 19.1. The Kier molecular flexibility index (Phi) is 8.28. The molecule has 8 heteroatoms. The highest BCUT2D eigenvalue weighted by molar-refractivity contribution is 6.03. The normalized spacial score (nSPS) is 11.3. The van der Waals surface area contributed by atoms with Crippen LogP contribution in [0.15, 0.2) is 42.5 Å². The Morgan fingerprint density at radius 1 is 1.12 bits per heavy atom. The zero-order chi connectivity index (χ0) is 24.8. The molecule has 0 saturated carbocycles. The number of phenols is 1. The van der Waals surface area contributed by atoms with E-state index >= 15 is 0 Å². The topological polar surface area (TPSA) is 88.4 Å². The predicted octanol–water partition coefficient (Wildman–Crippen LogP) is 4.87. The predicted molar refractivity (Wildman–Crippen MR) is 131 cm³/mol. The lowest BCUT2D eigenvalue weighted by molar-refractivity contribution is 0.102. The van der Waals surface area contributed by atoms with Crippen molar-refractivity contribution in [1.29, 1.82) is 0 Å². The Bertz CT molecular complexity index is 1140. The van der Waals surface area contributed by atoms with Crippen LogP contribution in [0.5, 0.6) is 11.5 Å². The van der Waals surface area contributed by atoms with Gasteiger partial charge in [0.15, 0.2) is 5.82 Å². The number of carbonyl (C=O) groups excluding carboxylic acids is 1. The van der Waals surface area contributed by atoms with Crippen molar-refractivity contribution in [2.45, 2.75) is 53.8 Å². The van der Waals surface area contributed by atoms with Gasteiger partial charge in [-0.1, -0.05) is 33.8 Å². The van der Waals surface area contributed by atoms with Gasteiger partial charge in [0, 0.05) is 41.0 Å². The molecule has 3 rings (SSSR count). The first kappa shape index (κ1) is 25.2. The molecule has 1 aromatic heterocycles. The van der Waals surface area contributed by atoms with E-state index in [2.05, 4.69) is 29.6 Å². The molecule has 0 bridgehead atoms. The third kappa shape index (κ3) is 6.81. The van der Waals surface area contributed by atoms with Gasteiger partial charge in [-0.2, -0.15) is 5.10 Å². The maximum absolute atomic E-state index is 14.4. The van der Waals surface area contributed by atoms with E-state index in [1.807, 2.05) is 20.8 Å². The second-order valence-corrected chi connectivity index (χ2v) is 9.12. The molecule has 34 heavy (non-hydrogen) atoms. The quantitative estimate of drug-likeness (QED) is 0.395. The molecule has 0 atom stereocenters. The number of hydrogen-bond acceptors (Lipinski definition) is 5. The minimum absolute atomic E-state index is 0.138. The number of nitrogens with one attached hydrogen (secondary N) is 2. The van der Waals surface area contributed by atoms with Crippen molar-refractivity contribution in [3.63, 3.8) is 0 Å². The fourth-order valence-corrected chi connectivity index (χ4v) is 3.31. The molecule has 0 fully saturated rings. The monoisotopic (exact) mass is 468 g/mol. The van der Waals surface area contributed by atoms with E-state index in [-0.39, 0.29) is 17.4 Å². The molecule has 182 valence electrons. The van der Waals surface area contributed by atoms with Crippen LogP contribution in [0, 0.1) is 18.7 Å². The number of aryl methyl sites for hydroxylation is 1. The molecule has 0 saturated heterocycles. The van der Waals surface area contributed by atoms with Crippen molar-refractivity contribution in [2.75, 3.05) is 11.9 Å². The van der Waals surface area contributed by atoms with Crippen LogP contribution in [0.3, 0.4) is 0 Å². The van der Waals surface area contributed by atoms with Gasteiger partial charge in [-0.3, -0.25) is 9.48 Å². The smallest absolute Gasteiger partial charge is 0.256 e. The molecule has 7 nitrogen and oxygen atoms in total. The molecule has 3 aromatic rings. The van der Waals surface area contributed by atoms with Crippen molar-refractivity contribution in [2.24, 2.45) is 5.92 Å². The summed E-state index contributed by atoms with van der Waals surface area (Å²) >= 11 is 0. The summed E-state index contributed by atoms with van der Waals surface area (Å²) < 4.78 is 22.0. The summed E-state index contributed by atoms with van der Waals surface area (Å²) in [5.74, 6) is 0.665. The number of anilines is 1. The molecule has 0 aliphatic heterocycles. The number of rotatable bonds is 10. The molecule has 1 amide bonds. The van der Waals surface area contributed by atoms with Crippen LogP contribution < -0.4 is 15.4 Å². The summed E-state index contributed by atoms with van der Waals surface area (Å²) in [7, 11) is 0. The van der Waals surface area contributed by atoms with Gasteiger partial charge in [0.05, 0.1) is 13.2 Å². The van der Waals surface area contributed by atoms with Gasteiger partial charge in [0.25, 0.3) is 5.91 Å². The lowest BCUT2D eigenvalue weighted by Crippen LogP contribution is -2.22. The first-order valence-electron chi connectivity index (χ1n) is 11.4. The van der Waals surface area contributed by atoms with E-state index in [4.69, 9.17) is 4.74 Å². The summed E-state index contributed by atoms with van der Waals surface area (Å²) in [6.07, 6.45) is 0. The number of phenolic OH excluding ortho intramolecular Hbond substituents is 1. The van der Waals surface area contributed by atoms with Crippen molar-refractivity contribution < 1.29 is 19.0 Å². The number of aromatic nitrogens is 2. The van der Waals surface area contributed by atoms with Crippen LogP contribution in [-0.4, -0.2) is 33.4 Å². The number of carbonyl (C=O) groups is 1. The highest BCUT2D eigenvalue weighted by Gasteiger charge is 2.14. The summed E-state index contributed by atoms with van der Waals surface area (Å²) in [6.45, 7) is 11.3. The number of amides is 1. The third-order valence-electron chi connectivity index (χ3n) is 5.18. The van der Waals surface area contributed by atoms with E-state index in [0.29, 0.717) is 42.7 Å². The Balaban J connectivity index is 1.72. The summed E-state index contributed by atoms with van der Waals surface area (Å²) in [6, 6.07) is 11.4. The third-order valence-corrected chi connectivity index (χ3v) is 5.18. The Morgan fingerprint density at radius 3 is 2.56 bits per heavy atom. The van der Waals surface area contributed by atoms with Gasteiger partial charge in [0.2, 0.25) is 0 Å². The van der Waals surface area contributed by atoms with Crippen molar-refractivity contribution in [3.05, 3.63) is 70.7 Å².